The van der Waals surface area contributed by atoms with Crippen molar-refractivity contribution in [3.05, 3.63) is 29.6 Å². The van der Waals surface area contributed by atoms with Crippen molar-refractivity contribution < 1.29 is 9.50 Å². The normalized spacial score (nSPS) is 18.1. The van der Waals surface area contributed by atoms with Gasteiger partial charge in [-0.2, -0.15) is 0 Å². The molecule has 1 aliphatic carbocycles. The van der Waals surface area contributed by atoms with Crippen LogP contribution < -0.4 is 5.32 Å². The summed E-state index contributed by atoms with van der Waals surface area (Å²) in [5.41, 5.74) is 0.762. The van der Waals surface area contributed by atoms with Crippen molar-refractivity contribution in [2.75, 3.05) is 0 Å². The quantitative estimate of drug-likeness (QED) is 0.776. The minimum Gasteiger partial charge on any atom is -0.508 e. The molecule has 0 saturated heterocycles. The summed E-state index contributed by atoms with van der Waals surface area (Å²) in [6.45, 7) is 1.98. The van der Waals surface area contributed by atoms with E-state index >= 15 is 0 Å². The van der Waals surface area contributed by atoms with E-state index in [4.69, 9.17) is 0 Å². The molecule has 0 amide bonds. The third-order valence-electron chi connectivity index (χ3n) is 2.52. The average Bonchev–Trinajstić information content (AvgIpc) is 2.87. The van der Waals surface area contributed by atoms with E-state index in [0.717, 1.165) is 11.6 Å². The maximum Gasteiger partial charge on any atom is 0.126 e. The molecule has 1 aromatic rings. The Balaban J connectivity index is 2.13. The second-order valence-corrected chi connectivity index (χ2v) is 3.87. The number of phenols is 1. The molecule has 1 fully saturated rings. The Kier molecular flexibility index (Phi) is 2.42. The maximum atomic E-state index is 12.7. The predicted octanol–water partition coefficient (Wildman–Crippen LogP) is 2.34. The highest BCUT2D eigenvalue weighted by atomic mass is 19.1. The summed E-state index contributed by atoms with van der Waals surface area (Å²) in [6.07, 6.45) is 2.40. The first kappa shape index (κ1) is 9.46. The lowest BCUT2D eigenvalue weighted by atomic mass is 10.1. The number of hydrogen-bond acceptors (Lipinski definition) is 2. The zero-order valence-electron chi connectivity index (χ0n) is 8.13. The summed E-state index contributed by atoms with van der Waals surface area (Å²) in [6, 6.07) is 4.82. The molecule has 1 unspecified atom stereocenters. The summed E-state index contributed by atoms with van der Waals surface area (Å²) in [4.78, 5) is 0. The van der Waals surface area contributed by atoms with Gasteiger partial charge in [0.1, 0.15) is 11.6 Å². The highest BCUT2D eigenvalue weighted by Gasteiger charge is 2.24. The predicted molar refractivity (Wildman–Crippen MR) is 52.6 cm³/mol. The van der Waals surface area contributed by atoms with E-state index in [0.29, 0.717) is 6.04 Å². The Morgan fingerprint density at radius 3 is 2.79 bits per heavy atom. The van der Waals surface area contributed by atoms with Crippen molar-refractivity contribution in [2.24, 2.45) is 0 Å². The van der Waals surface area contributed by atoms with Crippen molar-refractivity contribution in [3.8, 4) is 5.75 Å². The number of benzene rings is 1. The Bertz CT molecular complexity index is 336. The third kappa shape index (κ3) is 2.04. The van der Waals surface area contributed by atoms with E-state index in [1.54, 1.807) is 6.07 Å². The fourth-order valence-corrected chi connectivity index (χ4v) is 1.58. The second kappa shape index (κ2) is 3.58. The fourth-order valence-electron chi connectivity index (χ4n) is 1.58. The van der Waals surface area contributed by atoms with E-state index in [-0.39, 0.29) is 11.8 Å². The van der Waals surface area contributed by atoms with Crippen LogP contribution in [0, 0.1) is 5.82 Å². The molecule has 0 aromatic heterocycles. The van der Waals surface area contributed by atoms with Crippen molar-refractivity contribution >= 4 is 0 Å². The summed E-state index contributed by atoms with van der Waals surface area (Å²) in [7, 11) is 0. The molecular formula is C11H14FNO. The number of halogens is 1. The van der Waals surface area contributed by atoms with E-state index in [2.05, 4.69) is 5.32 Å². The highest BCUT2D eigenvalue weighted by Crippen LogP contribution is 2.28. The number of phenolic OH excluding ortho intramolecular Hbond substituents is 1. The third-order valence-corrected chi connectivity index (χ3v) is 2.52. The van der Waals surface area contributed by atoms with Crippen LogP contribution in [0.1, 0.15) is 31.4 Å². The summed E-state index contributed by atoms with van der Waals surface area (Å²) in [5, 5.41) is 12.9. The second-order valence-electron chi connectivity index (χ2n) is 3.87. The molecule has 2 nitrogen and oxygen atoms in total. The standard InChI is InChI=1S/C11H14FNO/c1-7(13-9-3-4-9)10-5-2-8(12)6-11(10)14/h2,5-7,9,13-14H,3-4H2,1H3. The van der Waals surface area contributed by atoms with E-state index in [1.807, 2.05) is 6.92 Å². The van der Waals surface area contributed by atoms with Crippen LogP contribution in [0.2, 0.25) is 0 Å². The fraction of sp³-hybridized carbons (Fsp3) is 0.455. The van der Waals surface area contributed by atoms with E-state index < -0.39 is 5.82 Å². The first-order valence-corrected chi connectivity index (χ1v) is 4.91. The summed E-state index contributed by atoms with van der Waals surface area (Å²) in [5.74, 6) is -0.365. The number of rotatable bonds is 3. The minimum atomic E-state index is -0.398. The molecule has 3 heteroatoms. The number of hydrogen-bond donors (Lipinski definition) is 2. The van der Waals surface area contributed by atoms with Crippen molar-refractivity contribution in [3.63, 3.8) is 0 Å². The molecule has 1 aliphatic rings. The molecule has 14 heavy (non-hydrogen) atoms. The van der Waals surface area contributed by atoms with Crippen LogP contribution in [0.5, 0.6) is 5.75 Å². The van der Waals surface area contributed by atoms with Crippen molar-refractivity contribution in [2.45, 2.75) is 31.8 Å². The molecule has 0 spiro atoms. The highest BCUT2D eigenvalue weighted by molar-refractivity contribution is 5.35. The SMILES string of the molecule is CC(NC1CC1)c1ccc(F)cc1O. The Morgan fingerprint density at radius 1 is 1.50 bits per heavy atom. The van der Waals surface area contributed by atoms with Gasteiger partial charge in [-0.15, -0.1) is 0 Å². The van der Waals surface area contributed by atoms with Crippen LogP contribution in [-0.2, 0) is 0 Å². The van der Waals surface area contributed by atoms with Gasteiger partial charge in [0.2, 0.25) is 0 Å². The first-order chi connectivity index (χ1) is 6.66. The van der Waals surface area contributed by atoms with Gasteiger partial charge in [-0.1, -0.05) is 6.07 Å². The van der Waals surface area contributed by atoms with Gasteiger partial charge in [-0.05, 0) is 25.8 Å². The Morgan fingerprint density at radius 2 is 2.21 bits per heavy atom. The monoisotopic (exact) mass is 195 g/mol. The number of aromatic hydroxyl groups is 1. The van der Waals surface area contributed by atoms with E-state index in [1.165, 1.54) is 18.9 Å². The van der Waals surface area contributed by atoms with Crippen molar-refractivity contribution in [1.82, 2.24) is 5.32 Å². The molecule has 1 saturated carbocycles. The van der Waals surface area contributed by atoms with Crippen LogP contribution in [0.15, 0.2) is 18.2 Å². The molecule has 0 aliphatic heterocycles. The van der Waals surface area contributed by atoms with Crippen LogP contribution in [0.3, 0.4) is 0 Å². The molecule has 1 atom stereocenters. The average molecular weight is 195 g/mol. The Hall–Kier alpha value is -1.09. The lowest BCUT2D eigenvalue weighted by Gasteiger charge is -2.14. The largest absolute Gasteiger partial charge is 0.508 e. The summed E-state index contributed by atoms with van der Waals surface area (Å²) < 4.78 is 12.7. The van der Waals surface area contributed by atoms with Gasteiger partial charge in [0.05, 0.1) is 0 Å². The van der Waals surface area contributed by atoms with Gasteiger partial charge in [0, 0.05) is 23.7 Å². The summed E-state index contributed by atoms with van der Waals surface area (Å²) >= 11 is 0. The first-order valence-electron chi connectivity index (χ1n) is 4.91. The smallest absolute Gasteiger partial charge is 0.126 e. The molecule has 2 N–H and O–H groups in total. The van der Waals surface area contributed by atoms with Crippen LogP contribution in [-0.4, -0.2) is 11.1 Å². The van der Waals surface area contributed by atoms with Gasteiger partial charge >= 0.3 is 0 Å². The molecular weight excluding hydrogens is 181 g/mol. The van der Waals surface area contributed by atoms with Crippen LogP contribution >= 0.6 is 0 Å². The molecule has 0 heterocycles. The zero-order chi connectivity index (χ0) is 10.1. The van der Waals surface area contributed by atoms with Crippen molar-refractivity contribution in [1.29, 1.82) is 0 Å². The Labute approximate surface area is 82.8 Å². The lowest BCUT2D eigenvalue weighted by Crippen LogP contribution is -2.20. The van der Waals surface area contributed by atoms with Crippen LogP contribution in [0.25, 0.3) is 0 Å². The minimum absolute atomic E-state index is 0.0330. The molecule has 2 rings (SSSR count). The van der Waals surface area contributed by atoms with Gasteiger partial charge in [-0.3, -0.25) is 0 Å². The number of nitrogens with one attached hydrogen (secondary N) is 1. The topological polar surface area (TPSA) is 32.3 Å². The molecule has 76 valence electrons. The van der Waals surface area contributed by atoms with Crippen LogP contribution in [0.4, 0.5) is 4.39 Å². The van der Waals surface area contributed by atoms with Gasteiger partial charge < -0.3 is 10.4 Å². The zero-order valence-corrected chi connectivity index (χ0v) is 8.13. The van der Waals surface area contributed by atoms with Gasteiger partial charge in [-0.25, -0.2) is 4.39 Å². The van der Waals surface area contributed by atoms with E-state index in [9.17, 15) is 9.50 Å². The van der Waals surface area contributed by atoms with Gasteiger partial charge in [0.25, 0.3) is 0 Å². The maximum absolute atomic E-state index is 12.7. The lowest BCUT2D eigenvalue weighted by molar-refractivity contribution is 0.446. The van der Waals surface area contributed by atoms with Gasteiger partial charge in [0.15, 0.2) is 0 Å². The molecule has 0 radical (unpaired) electrons. The molecule has 0 bridgehead atoms. The molecule has 1 aromatic carbocycles.